The summed E-state index contributed by atoms with van der Waals surface area (Å²) in [5, 5.41) is 6.33. The molecule has 0 aliphatic carbocycles. The van der Waals surface area contributed by atoms with E-state index in [4.69, 9.17) is 4.52 Å². The summed E-state index contributed by atoms with van der Waals surface area (Å²) in [5.74, 6) is -0.763. The molecular weight excluding hydrogens is 462 g/mol. The lowest BCUT2D eigenvalue weighted by molar-refractivity contribution is -0.118. The molecule has 33 heavy (non-hydrogen) atoms. The van der Waals surface area contributed by atoms with E-state index < -0.39 is 21.8 Å². The number of hydrogen-bond donors (Lipinski definition) is 1. The van der Waals surface area contributed by atoms with E-state index in [9.17, 15) is 18.0 Å². The van der Waals surface area contributed by atoms with E-state index in [0.717, 1.165) is 24.2 Å². The number of nitrogens with zero attached hydrogens (tertiary/aromatic N) is 2. The molecule has 180 valence electrons. The fraction of sp³-hybridized carbons (Fsp3) is 0.522. The van der Waals surface area contributed by atoms with Crippen molar-refractivity contribution in [2.24, 2.45) is 0 Å². The number of carbonyl (C=O) groups is 2. The lowest BCUT2D eigenvalue weighted by Gasteiger charge is -2.30. The number of likely N-dealkylation sites (N-methyl/N-ethyl adjacent to an activating group) is 1. The van der Waals surface area contributed by atoms with Gasteiger partial charge in [0.15, 0.2) is 33.2 Å². The van der Waals surface area contributed by atoms with Gasteiger partial charge in [0.25, 0.3) is 5.91 Å². The second kappa shape index (κ2) is 11.8. The van der Waals surface area contributed by atoms with Crippen LogP contribution in [-0.2, 0) is 20.4 Å². The number of fused-ring (bicyclic) bond motifs is 1. The lowest BCUT2D eigenvalue weighted by atomic mass is 10.0. The van der Waals surface area contributed by atoms with Crippen molar-refractivity contribution in [3.63, 3.8) is 0 Å². The van der Waals surface area contributed by atoms with Gasteiger partial charge in [-0.1, -0.05) is 68.8 Å². The van der Waals surface area contributed by atoms with Crippen molar-refractivity contribution in [3.05, 3.63) is 41.7 Å². The lowest BCUT2D eigenvalue weighted by Crippen LogP contribution is -2.46. The summed E-state index contributed by atoms with van der Waals surface area (Å²) in [4.78, 5) is 26.4. The van der Waals surface area contributed by atoms with Crippen LogP contribution in [0.3, 0.4) is 0 Å². The Morgan fingerprint density at radius 1 is 1.15 bits per heavy atom. The van der Waals surface area contributed by atoms with Crippen molar-refractivity contribution >= 4 is 39.3 Å². The van der Waals surface area contributed by atoms with E-state index in [-0.39, 0.29) is 28.9 Å². The first-order valence-electron chi connectivity index (χ1n) is 11.3. The Labute approximate surface area is 199 Å². The van der Waals surface area contributed by atoms with E-state index in [1.54, 1.807) is 23.5 Å². The molecule has 1 N–H and O–H groups in total. The normalized spacial score (nSPS) is 16.5. The van der Waals surface area contributed by atoms with Crippen LogP contribution in [0.2, 0.25) is 0 Å². The number of unbranched alkanes of at least 4 members (excludes halogenated alkanes) is 6. The van der Waals surface area contributed by atoms with Crippen molar-refractivity contribution < 1.29 is 22.5 Å². The average Bonchev–Trinajstić information content (AvgIpc) is 3.18. The van der Waals surface area contributed by atoms with Gasteiger partial charge >= 0.3 is 0 Å². The number of benzene rings is 1. The number of rotatable bonds is 12. The quantitative estimate of drug-likeness (QED) is 0.262. The van der Waals surface area contributed by atoms with Crippen LogP contribution >= 0.6 is 11.9 Å². The van der Waals surface area contributed by atoms with Crippen LogP contribution in [0.4, 0.5) is 5.82 Å². The van der Waals surface area contributed by atoms with Crippen LogP contribution in [0, 0.1) is 0 Å². The summed E-state index contributed by atoms with van der Waals surface area (Å²) < 4.78 is 31.5. The van der Waals surface area contributed by atoms with Gasteiger partial charge < -0.3 is 9.84 Å². The largest absolute Gasteiger partial charge is 0.358 e. The summed E-state index contributed by atoms with van der Waals surface area (Å²) in [5.41, 5.74) is 0.498. The van der Waals surface area contributed by atoms with Gasteiger partial charge in [0.1, 0.15) is 5.75 Å². The van der Waals surface area contributed by atoms with E-state index in [2.05, 4.69) is 17.4 Å². The second-order valence-corrected chi connectivity index (χ2v) is 11.7. The number of Topliss-reactive ketones (excluding diaryl/α,β-unsaturated/α-hetero) is 1. The van der Waals surface area contributed by atoms with Crippen molar-refractivity contribution in [1.82, 2.24) is 9.46 Å². The van der Waals surface area contributed by atoms with Gasteiger partial charge in [-0.05, 0) is 31.5 Å². The average molecular weight is 494 g/mol. The van der Waals surface area contributed by atoms with Crippen molar-refractivity contribution in [1.29, 1.82) is 0 Å². The molecule has 1 aliphatic heterocycles. The van der Waals surface area contributed by atoms with E-state index in [0.29, 0.717) is 12.0 Å². The van der Waals surface area contributed by atoms with Gasteiger partial charge in [0, 0.05) is 16.5 Å². The molecule has 0 bridgehead atoms. The highest BCUT2D eigenvalue weighted by atomic mass is 32.2. The summed E-state index contributed by atoms with van der Waals surface area (Å²) in [7, 11) is -1.66. The fourth-order valence-corrected chi connectivity index (χ4v) is 6.13. The number of sulfone groups is 1. The molecule has 1 aromatic heterocycles. The highest BCUT2D eigenvalue weighted by molar-refractivity contribution is 7.97. The Morgan fingerprint density at radius 2 is 1.85 bits per heavy atom. The first-order valence-corrected chi connectivity index (χ1v) is 13.9. The van der Waals surface area contributed by atoms with Gasteiger partial charge in [-0.2, -0.15) is 0 Å². The van der Waals surface area contributed by atoms with E-state index in [1.165, 1.54) is 37.3 Å². The molecule has 10 heteroatoms. The standard InChI is InChI=1S/C23H31N3O5S2/c1-3-4-5-6-7-8-11-14-33(29,30)16-17-15-20(25-31-17)24-23(28)21-22(27)18-12-9-10-13-19(18)32-26(21)2/h9-10,12-13,15,21H,3-8,11,14,16H2,1-2H3,(H,24,25,28). The fourth-order valence-electron chi connectivity index (χ4n) is 3.76. The minimum absolute atomic E-state index is 0.0891. The van der Waals surface area contributed by atoms with Gasteiger partial charge in [-0.3, -0.25) is 9.59 Å². The number of aromatic nitrogens is 1. The third kappa shape index (κ3) is 7.15. The molecule has 8 nitrogen and oxygen atoms in total. The number of anilines is 1. The molecule has 3 rings (SSSR count). The zero-order valence-electron chi connectivity index (χ0n) is 19.1. The number of ketones is 1. The number of amides is 1. The summed E-state index contributed by atoms with van der Waals surface area (Å²) >= 11 is 1.32. The summed E-state index contributed by atoms with van der Waals surface area (Å²) in [6, 6.07) is 7.50. The summed E-state index contributed by atoms with van der Waals surface area (Å²) in [6.45, 7) is 2.17. The van der Waals surface area contributed by atoms with Crippen LogP contribution in [-0.4, -0.2) is 48.4 Å². The summed E-state index contributed by atoms with van der Waals surface area (Å²) in [6.07, 6.45) is 7.32. The van der Waals surface area contributed by atoms with Gasteiger partial charge in [-0.15, -0.1) is 0 Å². The number of carbonyl (C=O) groups excluding carboxylic acids is 2. The molecule has 1 aliphatic rings. The Hall–Kier alpha value is -2.17. The van der Waals surface area contributed by atoms with Crippen LogP contribution in [0.1, 0.15) is 68.0 Å². The zero-order chi connectivity index (χ0) is 23.8. The van der Waals surface area contributed by atoms with Crippen LogP contribution in [0.5, 0.6) is 0 Å². The molecule has 1 aromatic carbocycles. The van der Waals surface area contributed by atoms with Gasteiger partial charge in [-0.25, -0.2) is 12.7 Å². The van der Waals surface area contributed by atoms with Crippen LogP contribution in [0.25, 0.3) is 0 Å². The number of hydrogen-bond acceptors (Lipinski definition) is 8. The predicted molar refractivity (Wildman–Crippen MR) is 129 cm³/mol. The second-order valence-electron chi connectivity index (χ2n) is 8.28. The Bertz CT molecular complexity index is 1070. The highest BCUT2D eigenvalue weighted by Gasteiger charge is 2.38. The van der Waals surface area contributed by atoms with Crippen molar-refractivity contribution in [2.45, 2.75) is 68.6 Å². The monoisotopic (exact) mass is 493 g/mol. The first-order chi connectivity index (χ1) is 15.8. The molecule has 1 amide bonds. The molecule has 2 aromatic rings. The zero-order valence-corrected chi connectivity index (χ0v) is 20.7. The molecule has 0 saturated carbocycles. The molecular formula is C23H31N3O5S2. The molecule has 2 heterocycles. The topological polar surface area (TPSA) is 110 Å². The highest BCUT2D eigenvalue weighted by Crippen LogP contribution is 2.34. The maximum atomic E-state index is 12.8. The van der Waals surface area contributed by atoms with Crippen molar-refractivity contribution in [3.8, 4) is 0 Å². The Morgan fingerprint density at radius 3 is 2.61 bits per heavy atom. The Kier molecular flexibility index (Phi) is 9.10. The molecule has 0 radical (unpaired) electrons. The van der Waals surface area contributed by atoms with E-state index >= 15 is 0 Å². The molecule has 0 fully saturated rings. The molecule has 0 spiro atoms. The maximum absolute atomic E-state index is 12.8. The minimum atomic E-state index is -3.33. The molecule has 1 unspecified atom stereocenters. The maximum Gasteiger partial charge on any atom is 0.251 e. The van der Waals surface area contributed by atoms with Crippen LogP contribution in [0.15, 0.2) is 39.8 Å². The van der Waals surface area contributed by atoms with Crippen molar-refractivity contribution in [2.75, 3.05) is 18.1 Å². The smallest absolute Gasteiger partial charge is 0.251 e. The first kappa shape index (κ1) is 25.5. The molecule has 0 saturated heterocycles. The third-order valence-electron chi connectivity index (χ3n) is 5.49. The Balaban J connectivity index is 1.51. The molecule has 1 atom stereocenters. The van der Waals surface area contributed by atoms with Crippen LogP contribution < -0.4 is 5.32 Å². The SMILES string of the molecule is CCCCCCCCCS(=O)(=O)Cc1cc(NC(=O)C2C(=O)c3ccccc3SN2C)no1. The minimum Gasteiger partial charge on any atom is -0.358 e. The number of nitrogens with one attached hydrogen (secondary N) is 1. The van der Waals surface area contributed by atoms with Gasteiger partial charge in [0.05, 0.1) is 5.75 Å². The van der Waals surface area contributed by atoms with Gasteiger partial charge in [0.2, 0.25) is 0 Å². The third-order valence-corrected chi connectivity index (χ3v) is 8.17. The predicted octanol–water partition coefficient (Wildman–Crippen LogP) is 4.48. The van der Waals surface area contributed by atoms with E-state index in [1.807, 2.05) is 12.1 Å².